The fourth-order valence-corrected chi connectivity index (χ4v) is 3.07. The van der Waals surface area contributed by atoms with Crippen LogP contribution in [0.4, 0.5) is 0 Å². The molecule has 2 amide bonds. The lowest BCUT2D eigenvalue weighted by atomic mass is 9.99. The topological polar surface area (TPSA) is 113 Å². The molecular formula is C21H20N2O5. The third-order valence-electron chi connectivity index (χ3n) is 4.62. The molecule has 2 atom stereocenters. The normalized spacial score (nSPS) is 16.9. The summed E-state index contributed by atoms with van der Waals surface area (Å²) in [5.74, 6) is -2.01. The summed E-state index contributed by atoms with van der Waals surface area (Å²) < 4.78 is 0. The summed E-state index contributed by atoms with van der Waals surface area (Å²) in [4.78, 5) is 47.3. The minimum absolute atomic E-state index is 0.0710. The molecule has 0 unspecified atom stereocenters. The second kappa shape index (κ2) is 8.47. The van der Waals surface area contributed by atoms with Gasteiger partial charge in [-0.2, -0.15) is 0 Å². The summed E-state index contributed by atoms with van der Waals surface area (Å²) in [5.41, 5.74) is 1.75. The largest absolute Gasteiger partial charge is 0.480 e. The minimum atomic E-state index is -1.16. The summed E-state index contributed by atoms with van der Waals surface area (Å²) in [5, 5.41) is 14.4. The highest BCUT2D eigenvalue weighted by atomic mass is 16.4. The van der Waals surface area contributed by atoms with Crippen molar-refractivity contribution in [2.24, 2.45) is 0 Å². The number of hydrogen-bond acceptors (Lipinski definition) is 4. The SMILES string of the molecule is O=C1CC[C@@H](C(=O)N[C@@H](Cc2ccc(C(=O)c3ccccc3)cc2)C(=O)O)N1. The Morgan fingerprint density at radius 2 is 1.68 bits per heavy atom. The van der Waals surface area contributed by atoms with E-state index in [-0.39, 0.29) is 24.5 Å². The zero-order valence-corrected chi connectivity index (χ0v) is 15.1. The monoisotopic (exact) mass is 380 g/mol. The Morgan fingerprint density at radius 1 is 1.04 bits per heavy atom. The summed E-state index contributed by atoms with van der Waals surface area (Å²) in [6.07, 6.45) is 0.682. The first kappa shape index (κ1) is 19.3. The number of benzene rings is 2. The first-order valence-electron chi connectivity index (χ1n) is 8.95. The zero-order valence-electron chi connectivity index (χ0n) is 15.1. The number of rotatable bonds is 7. The quantitative estimate of drug-likeness (QED) is 0.627. The standard InChI is InChI=1S/C21H20N2O5/c24-18-11-10-16(22-18)20(26)23-17(21(27)28)12-13-6-8-15(9-7-13)19(25)14-4-2-1-3-5-14/h1-9,16-17H,10-12H2,(H,22,24)(H,23,26)(H,27,28)/t16-,17-/m0/s1. The van der Waals surface area contributed by atoms with Gasteiger partial charge in [-0.3, -0.25) is 14.4 Å². The predicted molar refractivity (Wildman–Crippen MR) is 101 cm³/mol. The van der Waals surface area contributed by atoms with Crippen molar-refractivity contribution in [1.82, 2.24) is 10.6 Å². The van der Waals surface area contributed by atoms with Gasteiger partial charge in [0.15, 0.2) is 5.78 Å². The fourth-order valence-electron chi connectivity index (χ4n) is 3.07. The molecule has 0 aliphatic carbocycles. The first-order chi connectivity index (χ1) is 13.4. The number of carbonyl (C=O) groups is 4. The molecule has 144 valence electrons. The average Bonchev–Trinajstić information content (AvgIpc) is 3.14. The number of amides is 2. The van der Waals surface area contributed by atoms with Crippen molar-refractivity contribution >= 4 is 23.6 Å². The van der Waals surface area contributed by atoms with Gasteiger partial charge in [-0.15, -0.1) is 0 Å². The van der Waals surface area contributed by atoms with Crippen molar-refractivity contribution in [2.75, 3.05) is 0 Å². The molecule has 0 radical (unpaired) electrons. The highest BCUT2D eigenvalue weighted by Crippen LogP contribution is 2.13. The molecule has 1 heterocycles. The van der Waals surface area contributed by atoms with Crippen LogP contribution in [0.25, 0.3) is 0 Å². The number of nitrogens with one attached hydrogen (secondary N) is 2. The highest BCUT2D eigenvalue weighted by molar-refractivity contribution is 6.08. The second-order valence-electron chi connectivity index (χ2n) is 6.65. The summed E-state index contributed by atoms with van der Waals surface area (Å²) in [6.45, 7) is 0. The maximum Gasteiger partial charge on any atom is 0.326 e. The summed E-state index contributed by atoms with van der Waals surface area (Å²) in [6, 6.07) is 13.7. The van der Waals surface area contributed by atoms with E-state index in [1.165, 1.54) is 0 Å². The molecule has 0 saturated carbocycles. The van der Waals surface area contributed by atoms with Gasteiger partial charge in [0, 0.05) is 24.0 Å². The number of carboxylic acids is 1. The Hall–Kier alpha value is -3.48. The molecule has 1 fully saturated rings. The third kappa shape index (κ3) is 4.62. The van der Waals surface area contributed by atoms with E-state index in [9.17, 15) is 24.3 Å². The van der Waals surface area contributed by atoms with Crippen LogP contribution < -0.4 is 10.6 Å². The molecule has 1 aliphatic rings. The molecule has 2 aromatic carbocycles. The lowest BCUT2D eigenvalue weighted by molar-refractivity contribution is -0.142. The molecule has 7 heteroatoms. The molecule has 3 rings (SSSR count). The van der Waals surface area contributed by atoms with E-state index in [1.54, 1.807) is 48.5 Å². The van der Waals surface area contributed by atoms with Crippen LogP contribution in [-0.2, 0) is 20.8 Å². The van der Waals surface area contributed by atoms with Crippen LogP contribution in [-0.4, -0.2) is 40.8 Å². The molecule has 7 nitrogen and oxygen atoms in total. The van der Waals surface area contributed by atoms with E-state index < -0.39 is 24.0 Å². The number of carboxylic acid groups (broad SMARTS) is 1. The van der Waals surface area contributed by atoms with Crippen LogP contribution in [0.1, 0.15) is 34.3 Å². The van der Waals surface area contributed by atoms with E-state index in [0.29, 0.717) is 23.1 Å². The lowest BCUT2D eigenvalue weighted by Crippen LogP contribution is -2.49. The number of hydrogen-bond donors (Lipinski definition) is 3. The van der Waals surface area contributed by atoms with E-state index in [4.69, 9.17) is 0 Å². The van der Waals surface area contributed by atoms with Gasteiger partial charge in [-0.1, -0.05) is 54.6 Å². The molecule has 0 spiro atoms. The van der Waals surface area contributed by atoms with Gasteiger partial charge in [-0.25, -0.2) is 4.79 Å². The molecule has 28 heavy (non-hydrogen) atoms. The fraction of sp³-hybridized carbons (Fsp3) is 0.238. The maximum atomic E-state index is 12.4. The van der Waals surface area contributed by atoms with Gasteiger partial charge < -0.3 is 15.7 Å². The van der Waals surface area contributed by atoms with Gasteiger partial charge in [-0.05, 0) is 12.0 Å². The van der Waals surface area contributed by atoms with E-state index in [1.807, 2.05) is 6.07 Å². The van der Waals surface area contributed by atoms with Crippen LogP contribution >= 0.6 is 0 Å². The van der Waals surface area contributed by atoms with Crippen molar-refractivity contribution in [3.8, 4) is 0 Å². The lowest BCUT2D eigenvalue weighted by Gasteiger charge is -2.17. The van der Waals surface area contributed by atoms with Gasteiger partial charge in [0.25, 0.3) is 0 Å². The van der Waals surface area contributed by atoms with Gasteiger partial charge >= 0.3 is 5.97 Å². The van der Waals surface area contributed by atoms with Crippen molar-refractivity contribution in [2.45, 2.75) is 31.3 Å². The van der Waals surface area contributed by atoms with Gasteiger partial charge in [0.05, 0.1) is 0 Å². The number of carbonyl (C=O) groups excluding carboxylic acids is 3. The van der Waals surface area contributed by atoms with Crippen molar-refractivity contribution in [3.63, 3.8) is 0 Å². The molecule has 1 aliphatic heterocycles. The number of ketones is 1. The Morgan fingerprint density at radius 3 is 2.25 bits per heavy atom. The first-order valence-corrected chi connectivity index (χ1v) is 8.95. The molecule has 0 bridgehead atoms. The molecule has 2 aromatic rings. The van der Waals surface area contributed by atoms with Gasteiger partial charge in [0.2, 0.25) is 11.8 Å². The van der Waals surface area contributed by atoms with E-state index in [0.717, 1.165) is 0 Å². The predicted octanol–water partition coefficient (Wildman–Crippen LogP) is 1.31. The van der Waals surface area contributed by atoms with Crippen molar-refractivity contribution in [3.05, 3.63) is 71.3 Å². The van der Waals surface area contributed by atoms with Gasteiger partial charge in [0.1, 0.15) is 12.1 Å². The highest BCUT2D eigenvalue weighted by Gasteiger charge is 2.30. The molecule has 0 aromatic heterocycles. The molecule has 3 N–H and O–H groups in total. The van der Waals surface area contributed by atoms with Crippen molar-refractivity contribution < 1.29 is 24.3 Å². The van der Waals surface area contributed by atoms with Crippen molar-refractivity contribution in [1.29, 1.82) is 0 Å². The van der Waals surface area contributed by atoms with Crippen LogP contribution in [0.5, 0.6) is 0 Å². The Balaban J connectivity index is 1.65. The van der Waals surface area contributed by atoms with Crippen LogP contribution in [0.2, 0.25) is 0 Å². The zero-order chi connectivity index (χ0) is 20.1. The van der Waals surface area contributed by atoms with Crippen LogP contribution in [0, 0.1) is 0 Å². The average molecular weight is 380 g/mol. The smallest absolute Gasteiger partial charge is 0.326 e. The maximum absolute atomic E-state index is 12.4. The van der Waals surface area contributed by atoms with Crippen LogP contribution in [0.15, 0.2) is 54.6 Å². The molecular weight excluding hydrogens is 360 g/mol. The molecule has 1 saturated heterocycles. The summed E-state index contributed by atoms with van der Waals surface area (Å²) >= 11 is 0. The summed E-state index contributed by atoms with van der Waals surface area (Å²) in [7, 11) is 0. The van der Waals surface area contributed by atoms with Crippen LogP contribution in [0.3, 0.4) is 0 Å². The third-order valence-corrected chi connectivity index (χ3v) is 4.62. The van der Waals surface area contributed by atoms with E-state index >= 15 is 0 Å². The minimum Gasteiger partial charge on any atom is -0.480 e. The Labute approximate surface area is 161 Å². The Bertz CT molecular complexity index is 893. The Kier molecular flexibility index (Phi) is 5.84. The number of aliphatic carboxylic acids is 1. The van der Waals surface area contributed by atoms with E-state index in [2.05, 4.69) is 10.6 Å². The second-order valence-corrected chi connectivity index (χ2v) is 6.65.